The summed E-state index contributed by atoms with van der Waals surface area (Å²) in [6.07, 6.45) is 4.72. The van der Waals surface area contributed by atoms with Gasteiger partial charge in [0.1, 0.15) is 17.7 Å². The standard InChI is InChI=1S/C30H44N4O7/c1-9-20-12-14-21(15-13-20)25(26(37)32-19-18-24(36)40-11-3)34(30(7,8)10-2)27(38)22(16-17-23(31)35)33-28(39)41-29(4,5)6/h1,12-15,22,25H,10-11,16-19H2,2-8H3,(H2,31,35)(H,32,37)(H,33,39). The Bertz CT molecular complexity index is 1120. The Morgan fingerprint density at radius 1 is 1.02 bits per heavy atom. The van der Waals surface area contributed by atoms with Crippen LogP contribution in [0.25, 0.3) is 0 Å². The van der Waals surface area contributed by atoms with Crippen LogP contribution >= 0.6 is 0 Å². The number of nitrogens with two attached hydrogens (primary N) is 1. The molecule has 1 aromatic rings. The van der Waals surface area contributed by atoms with Crippen molar-refractivity contribution in [2.75, 3.05) is 13.2 Å². The van der Waals surface area contributed by atoms with Gasteiger partial charge in [-0.3, -0.25) is 19.2 Å². The Morgan fingerprint density at radius 2 is 1.63 bits per heavy atom. The van der Waals surface area contributed by atoms with Gasteiger partial charge in [-0.1, -0.05) is 25.0 Å². The molecule has 0 bridgehead atoms. The minimum atomic E-state index is -1.23. The lowest BCUT2D eigenvalue weighted by atomic mass is 9.91. The number of esters is 1. The number of carbonyl (C=O) groups is 5. The van der Waals surface area contributed by atoms with Gasteiger partial charge >= 0.3 is 12.1 Å². The molecule has 0 saturated heterocycles. The van der Waals surface area contributed by atoms with E-state index in [1.165, 1.54) is 4.90 Å². The van der Waals surface area contributed by atoms with Crippen LogP contribution in [0, 0.1) is 12.3 Å². The first-order chi connectivity index (χ1) is 19.1. The molecule has 0 aliphatic carbocycles. The third-order valence-electron chi connectivity index (χ3n) is 6.26. The summed E-state index contributed by atoms with van der Waals surface area (Å²) in [5.74, 6) is 0.221. The van der Waals surface area contributed by atoms with Crippen molar-refractivity contribution in [1.29, 1.82) is 0 Å². The van der Waals surface area contributed by atoms with E-state index in [1.807, 2.05) is 6.92 Å². The molecule has 0 aliphatic heterocycles. The van der Waals surface area contributed by atoms with Crippen molar-refractivity contribution in [2.45, 2.75) is 97.4 Å². The second-order valence-electron chi connectivity index (χ2n) is 11.1. The summed E-state index contributed by atoms with van der Waals surface area (Å²) in [4.78, 5) is 65.6. The maximum atomic E-state index is 14.3. The molecule has 4 amide bonds. The molecular formula is C30H44N4O7. The Labute approximate surface area is 242 Å². The van der Waals surface area contributed by atoms with E-state index in [0.29, 0.717) is 17.5 Å². The number of benzene rings is 1. The molecule has 1 aromatic carbocycles. The lowest BCUT2D eigenvalue weighted by Crippen LogP contribution is -2.59. The summed E-state index contributed by atoms with van der Waals surface area (Å²) in [5, 5.41) is 5.29. The fourth-order valence-corrected chi connectivity index (χ4v) is 3.90. The van der Waals surface area contributed by atoms with Gasteiger partial charge in [-0.05, 0) is 72.1 Å². The zero-order valence-electron chi connectivity index (χ0n) is 25.2. The molecule has 0 spiro atoms. The first kappa shape index (κ1) is 35.0. The highest BCUT2D eigenvalue weighted by atomic mass is 16.6. The molecule has 41 heavy (non-hydrogen) atoms. The molecule has 2 atom stereocenters. The van der Waals surface area contributed by atoms with Gasteiger partial charge in [0.2, 0.25) is 17.7 Å². The molecule has 2 unspecified atom stereocenters. The fraction of sp³-hybridized carbons (Fsp3) is 0.567. The average molecular weight is 573 g/mol. The number of hydrogen-bond acceptors (Lipinski definition) is 7. The summed E-state index contributed by atoms with van der Waals surface area (Å²) in [5.41, 5.74) is 4.64. The van der Waals surface area contributed by atoms with Crippen LogP contribution in [0.15, 0.2) is 24.3 Å². The lowest BCUT2D eigenvalue weighted by Gasteiger charge is -2.44. The molecular weight excluding hydrogens is 528 g/mol. The maximum Gasteiger partial charge on any atom is 0.408 e. The predicted molar refractivity (Wildman–Crippen MR) is 154 cm³/mol. The smallest absolute Gasteiger partial charge is 0.408 e. The number of ether oxygens (including phenoxy) is 2. The zero-order valence-corrected chi connectivity index (χ0v) is 25.2. The molecule has 0 radical (unpaired) electrons. The van der Waals surface area contributed by atoms with E-state index in [1.54, 1.807) is 65.8 Å². The van der Waals surface area contributed by atoms with Crippen LogP contribution in [0.4, 0.5) is 4.79 Å². The second-order valence-corrected chi connectivity index (χ2v) is 11.1. The Balaban J connectivity index is 3.61. The van der Waals surface area contributed by atoms with Gasteiger partial charge in [-0.15, -0.1) is 6.42 Å². The highest BCUT2D eigenvalue weighted by molar-refractivity contribution is 5.93. The molecule has 0 fully saturated rings. The molecule has 11 heteroatoms. The molecule has 0 aliphatic rings. The summed E-state index contributed by atoms with van der Waals surface area (Å²) in [7, 11) is 0. The van der Waals surface area contributed by atoms with Crippen molar-refractivity contribution in [2.24, 2.45) is 5.73 Å². The largest absolute Gasteiger partial charge is 0.466 e. The lowest BCUT2D eigenvalue weighted by molar-refractivity contribution is -0.150. The van der Waals surface area contributed by atoms with Crippen LogP contribution < -0.4 is 16.4 Å². The van der Waals surface area contributed by atoms with Crippen molar-refractivity contribution >= 4 is 29.8 Å². The van der Waals surface area contributed by atoms with Crippen molar-refractivity contribution in [1.82, 2.24) is 15.5 Å². The van der Waals surface area contributed by atoms with Crippen molar-refractivity contribution in [3.63, 3.8) is 0 Å². The quantitative estimate of drug-likeness (QED) is 0.228. The number of rotatable bonds is 14. The van der Waals surface area contributed by atoms with Crippen molar-refractivity contribution in [3.8, 4) is 12.3 Å². The number of alkyl carbamates (subject to hydrolysis) is 1. The van der Waals surface area contributed by atoms with E-state index in [4.69, 9.17) is 21.6 Å². The van der Waals surface area contributed by atoms with E-state index in [2.05, 4.69) is 16.6 Å². The van der Waals surface area contributed by atoms with Gasteiger partial charge < -0.3 is 30.7 Å². The summed E-state index contributed by atoms with van der Waals surface area (Å²) < 4.78 is 10.3. The predicted octanol–water partition coefficient (Wildman–Crippen LogP) is 2.95. The van der Waals surface area contributed by atoms with Gasteiger partial charge in [0.05, 0.1) is 13.0 Å². The highest BCUT2D eigenvalue weighted by Crippen LogP contribution is 2.33. The minimum absolute atomic E-state index is 0.0214. The van der Waals surface area contributed by atoms with Gasteiger partial charge in [-0.2, -0.15) is 0 Å². The number of carbonyl (C=O) groups excluding carboxylic acids is 5. The van der Waals surface area contributed by atoms with Crippen LogP contribution in [-0.4, -0.2) is 65.0 Å². The average Bonchev–Trinajstić information content (AvgIpc) is 2.88. The van der Waals surface area contributed by atoms with Crippen LogP contribution in [-0.2, 0) is 28.7 Å². The maximum absolute atomic E-state index is 14.3. The number of primary amides is 1. The molecule has 11 nitrogen and oxygen atoms in total. The molecule has 0 heterocycles. The first-order valence-electron chi connectivity index (χ1n) is 13.7. The van der Waals surface area contributed by atoms with Gasteiger partial charge in [0, 0.05) is 24.1 Å². The number of terminal acetylenes is 1. The zero-order chi connectivity index (χ0) is 31.4. The molecule has 1 rings (SSSR count). The summed E-state index contributed by atoms with van der Waals surface area (Å²) >= 11 is 0. The van der Waals surface area contributed by atoms with Gasteiger partial charge in [-0.25, -0.2) is 4.79 Å². The van der Waals surface area contributed by atoms with E-state index >= 15 is 0 Å². The van der Waals surface area contributed by atoms with Crippen molar-refractivity contribution in [3.05, 3.63) is 35.4 Å². The number of hydrogen-bond donors (Lipinski definition) is 3. The normalized spacial score (nSPS) is 12.7. The van der Waals surface area contributed by atoms with Crippen LogP contribution in [0.5, 0.6) is 0 Å². The Morgan fingerprint density at radius 3 is 2.12 bits per heavy atom. The van der Waals surface area contributed by atoms with E-state index in [-0.39, 0.29) is 32.4 Å². The van der Waals surface area contributed by atoms with Crippen LogP contribution in [0.2, 0.25) is 0 Å². The number of nitrogens with zero attached hydrogens (tertiary/aromatic N) is 1. The number of amides is 4. The molecule has 0 aromatic heterocycles. The third kappa shape index (κ3) is 11.5. The highest BCUT2D eigenvalue weighted by Gasteiger charge is 2.43. The molecule has 226 valence electrons. The molecule has 0 saturated carbocycles. The summed E-state index contributed by atoms with van der Waals surface area (Å²) in [6, 6.07) is 4.19. The Kier molecular flexibility index (Phi) is 13.3. The van der Waals surface area contributed by atoms with Gasteiger partial charge in [0.15, 0.2) is 0 Å². The topological polar surface area (TPSA) is 157 Å². The minimum Gasteiger partial charge on any atom is -0.466 e. The second kappa shape index (κ2) is 15.6. The van der Waals surface area contributed by atoms with E-state index in [9.17, 15) is 24.0 Å². The van der Waals surface area contributed by atoms with E-state index in [0.717, 1.165) is 0 Å². The first-order valence-corrected chi connectivity index (χ1v) is 13.7. The Hall–Kier alpha value is -4.07. The van der Waals surface area contributed by atoms with Crippen molar-refractivity contribution < 1.29 is 33.4 Å². The van der Waals surface area contributed by atoms with E-state index < -0.39 is 53.0 Å². The third-order valence-corrected chi connectivity index (χ3v) is 6.26. The number of nitrogens with one attached hydrogen (secondary N) is 2. The van der Waals surface area contributed by atoms with Crippen LogP contribution in [0.1, 0.15) is 91.3 Å². The molecule has 4 N–H and O–H groups in total. The van der Waals surface area contributed by atoms with Gasteiger partial charge in [0.25, 0.3) is 0 Å². The SMILES string of the molecule is C#Cc1ccc(C(C(=O)NCCC(=O)OCC)N(C(=O)C(CCC(N)=O)NC(=O)OC(C)(C)C)C(C)(C)CC)cc1. The monoisotopic (exact) mass is 572 g/mol. The fourth-order valence-electron chi connectivity index (χ4n) is 3.90. The summed E-state index contributed by atoms with van der Waals surface area (Å²) in [6.45, 7) is 12.3. The van der Waals surface area contributed by atoms with Crippen LogP contribution in [0.3, 0.4) is 0 Å².